The first-order valence-corrected chi connectivity index (χ1v) is 11.9. The molecule has 170 valence electrons. The summed E-state index contributed by atoms with van der Waals surface area (Å²) in [6.07, 6.45) is 5.74. The molecule has 0 aromatic heterocycles. The SMILES string of the molecule is CCCCNC(=O)C1CCC(C)N(C(=O)C2CCCN(C(=O)Cc3ccccc3)C2)C1. The van der Waals surface area contributed by atoms with Gasteiger partial charge in [0.1, 0.15) is 0 Å². The molecule has 2 fully saturated rings. The fourth-order valence-corrected chi connectivity index (χ4v) is 4.68. The number of hydrogen-bond donors (Lipinski definition) is 1. The molecule has 1 aromatic carbocycles. The zero-order valence-corrected chi connectivity index (χ0v) is 19.0. The zero-order valence-electron chi connectivity index (χ0n) is 19.0. The molecule has 0 bridgehead atoms. The van der Waals surface area contributed by atoms with Crippen molar-refractivity contribution in [3.8, 4) is 0 Å². The summed E-state index contributed by atoms with van der Waals surface area (Å²) in [5.74, 6) is -0.0324. The van der Waals surface area contributed by atoms with Gasteiger partial charge in [-0.15, -0.1) is 0 Å². The number of rotatable bonds is 7. The third kappa shape index (κ3) is 6.31. The molecule has 0 radical (unpaired) electrons. The third-order valence-electron chi connectivity index (χ3n) is 6.69. The van der Waals surface area contributed by atoms with E-state index in [4.69, 9.17) is 0 Å². The minimum atomic E-state index is -0.169. The van der Waals surface area contributed by atoms with Crippen LogP contribution in [-0.2, 0) is 20.8 Å². The Labute approximate surface area is 186 Å². The first-order valence-electron chi connectivity index (χ1n) is 11.9. The molecular formula is C25H37N3O3. The molecule has 3 rings (SSSR count). The molecule has 3 atom stereocenters. The number of unbranched alkanes of at least 4 members (excludes halogenated alkanes) is 1. The fourth-order valence-electron chi connectivity index (χ4n) is 4.68. The van der Waals surface area contributed by atoms with Crippen molar-refractivity contribution >= 4 is 17.7 Å². The van der Waals surface area contributed by atoms with E-state index in [1.807, 2.05) is 40.1 Å². The number of carbonyl (C=O) groups excluding carboxylic acids is 3. The normalized spacial score (nSPS) is 24.0. The Balaban J connectivity index is 1.57. The molecule has 2 saturated heterocycles. The van der Waals surface area contributed by atoms with E-state index in [9.17, 15) is 14.4 Å². The molecule has 1 N–H and O–H groups in total. The topological polar surface area (TPSA) is 69.7 Å². The highest BCUT2D eigenvalue weighted by Gasteiger charge is 2.37. The van der Waals surface area contributed by atoms with Crippen LogP contribution in [0.3, 0.4) is 0 Å². The highest BCUT2D eigenvalue weighted by atomic mass is 16.2. The first-order chi connectivity index (χ1) is 15.0. The summed E-state index contributed by atoms with van der Waals surface area (Å²) in [6, 6.07) is 9.90. The lowest BCUT2D eigenvalue weighted by atomic mass is 9.89. The number of benzene rings is 1. The summed E-state index contributed by atoms with van der Waals surface area (Å²) in [4.78, 5) is 42.5. The van der Waals surface area contributed by atoms with E-state index >= 15 is 0 Å². The molecule has 2 aliphatic rings. The van der Waals surface area contributed by atoms with E-state index in [0.717, 1.165) is 44.1 Å². The van der Waals surface area contributed by atoms with Gasteiger partial charge in [-0.05, 0) is 44.6 Å². The van der Waals surface area contributed by atoms with E-state index < -0.39 is 0 Å². The smallest absolute Gasteiger partial charge is 0.227 e. The first kappa shape index (κ1) is 23.3. The maximum absolute atomic E-state index is 13.4. The van der Waals surface area contributed by atoms with Gasteiger partial charge in [-0.2, -0.15) is 0 Å². The number of hydrogen-bond acceptors (Lipinski definition) is 3. The zero-order chi connectivity index (χ0) is 22.2. The van der Waals surface area contributed by atoms with Gasteiger partial charge in [0.15, 0.2) is 0 Å². The van der Waals surface area contributed by atoms with Crippen molar-refractivity contribution in [1.82, 2.24) is 15.1 Å². The number of carbonyl (C=O) groups is 3. The molecule has 0 saturated carbocycles. The van der Waals surface area contributed by atoms with Crippen molar-refractivity contribution in [1.29, 1.82) is 0 Å². The van der Waals surface area contributed by atoms with Gasteiger partial charge in [0.2, 0.25) is 17.7 Å². The Morgan fingerprint density at radius 1 is 1.03 bits per heavy atom. The third-order valence-corrected chi connectivity index (χ3v) is 6.69. The molecule has 2 aliphatic heterocycles. The Morgan fingerprint density at radius 2 is 1.81 bits per heavy atom. The van der Waals surface area contributed by atoms with E-state index in [1.165, 1.54) is 0 Å². The lowest BCUT2D eigenvalue weighted by molar-refractivity contribution is -0.145. The quantitative estimate of drug-likeness (QED) is 0.680. The second-order valence-corrected chi connectivity index (χ2v) is 9.10. The van der Waals surface area contributed by atoms with Gasteiger partial charge in [-0.25, -0.2) is 0 Å². The fraction of sp³-hybridized carbons (Fsp3) is 0.640. The van der Waals surface area contributed by atoms with Crippen LogP contribution in [0.15, 0.2) is 30.3 Å². The van der Waals surface area contributed by atoms with Crippen LogP contribution in [0.1, 0.15) is 57.9 Å². The second-order valence-electron chi connectivity index (χ2n) is 9.10. The van der Waals surface area contributed by atoms with E-state index in [-0.39, 0.29) is 35.6 Å². The van der Waals surface area contributed by atoms with Gasteiger partial charge >= 0.3 is 0 Å². The summed E-state index contributed by atoms with van der Waals surface area (Å²) < 4.78 is 0. The summed E-state index contributed by atoms with van der Waals surface area (Å²) >= 11 is 0. The summed E-state index contributed by atoms with van der Waals surface area (Å²) in [5, 5.41) is 3.02. The van der Waals surface area contributed by atoms with Crippen LogP contribution < -0.4 is 5.32 Å². The van der Waals surface area contributed by atoms with E-state index in [1.54, 1.807) is 0 Å². The maximum Gasteiger partial charge on any atom is 0.227 e. The van der Waals surface area contributed by atoms with E-state index in [0.29, 0.717) is 32.6 Å². The van der Waals surface area contributed by atoms with Crippen molar-refractivity contribution < 1.29 is 14.4 Å². The molecule has 3 amide bonds. The lowest BCUT2D eigenvalue weighted by Crippen LogP contribution is -2.54. The van der Waals surface area contributed by atoms with Crippen LogP contribution in [-0.4, -0.2) is 59.7 Å². The molecular weight excluding hydrogens is 390 g/mol. The lowest BCUT2D eigenvalue weighted by Gasteiger charge is -2.41. The molecule has 3 unspecified atom stereocenters. The average molecular weight is 428 g/mol. The molecule has 0 aliphatic carbocycles. The van der Waals surface area contributed by atoms with Gasteiger partial charge in [0.25, 0.3) is 0 Å². The van der Waals surface area contributed by atoms with Crippen molar-refractivity contribution in [3.05, 3.63) is 35.9 Å². The maximum atomic E-state index is 13.4. The highest BCUT2D eigenvalue weighted by molar-refractivity contribution is 5.84. The minimum absolute atomic E-state index is 0.0708. The van der Waals surface area contributed by atoms with E-state index in [2.05, 4.69) is 19.2 Å². The van der Waals surface area contributed by atoms with Crippen LogP contribution in [0.5, 0.6) is 0 Å². The van der Waals surface area contributed by atoms with Gasteiger partial charge in [0, 0.05) is 32.2 Å². The molecule has 31 heavy (non-hydrogen) atoms. The Hall–Kier alpha value is -2.37. The number of amides is 3. The van der Waals surface area contributed by atoms with Crippen LogP contribution in [0.2, 0.25) is 0 Å². The monoisotopic (exact) mass is 427 g/mol. The highest BCUT2D eigenvalue weighted by Crippen LogP contribution is 2.27. The predicted octanol–water partition coefficient (Wildman–Crippen LogP) is 3.01. The molecule has 0 spiro atoms. The number of nitrogens with one attached hydrogen (secondary N) is 1. The number of likely N-dealkylation sites (tertiary alicyclic amines) is 2. The van der Waals surface area contributed by atoms with Crippen molar-refractivity contribution in [2.45, 2.75) is 64.8 Å². The van der Waals surface area contributed by atoms with Gasteiger partial charge < -0.3 is 15.1 Å². The van der Waals surface area contributed by atoms with Crippen molar-refractivity contribution in [2.75, 3.05) is 26.2 Å². The molecule has 1 aromatic rings. The number of nitrogens with zero attached hydrogens (tertiary/aromatic N) is 2. The molecule has 6 nitrogen and oxygen atoms in total. The molecule has 2 heterocycles. The minimum Gasteiger partial charge on any atom is -0.356 e. The summed E-state index contributed by atoms with van der Waals surface area (Å²) in [6.45, 7) is 6.58. The van der Waals surface area contributed by atoms with Crippen LogP contribution >= 0.6 is 0 Å². The number of piperidine rings is 2. The molecule has 6 heteroatoms. The van der Waals surface area contributed by atoms with Gasteiger partial charge in [-0.1, -0.05) is 43.7 Å². The predicted molar refractivity (Wildman–Crippen MR) is 121 cm³/mol. The van der Waals surface area contributed by atoms with Crippen LogP contribution in [0, 0.1) is 11.8 Å². The van der Waals surface area contributed by atoms with Crippen LogP contribution in [0.25, 0.3) is 0 Å². The standard InChI is InChI=1S/C25H37N3O3/c1-3-4-14-26-24(30)21-13-12-19(2)28(18-21)25(31)22-11-8-15-27(17-22)23(29)16-20-9-6-5-7-10-20/h5-7,9-10,19,21-22H,3-4,8,11-18H2,1-2H3,(H,26,30). The summed E-state index contributed by atoms with van der Waals surface area (Å²) in [5.41, 5.74) is 1.00. The van der Waals surface area contributed by atoms with Gasteiger partial charge in [0.05, 0.1) is 18.3 Å². The second kappa shape index (κ2) is 11.3. The van der Waals surface area contributed by atoms with Crippen molar-refractivity contribution in [2.24, 2.45) is 11.8 Å². The van der Waals surface area contributed by atoms with Crippen molar-refractivity contribution in [3.63, 3.8) is 0 Å². The summed E-state index contributed by atoms with van der Waals surface area (Å²) in [7, 11) is 0. The largest absolute Gasteiger partial charge is 0.356 e. The average Bonchev–Trinajstić information content (AvgIpc) is 2.79. The Kier molecular flexibility index (Phi) is 8.50. The van der Waals surface area contributed by atoms with Crippen LogP contribution in [0.4, 0.5) is 0 Å². The van der Waals surface area contributed by atoms with Gasteiger partial charge in [-0.3, -0.25) is 14.4 Å². The Bertz CT molecular complexity index is 752. The Morgan fingerprint density at radius 3 is 2.55 bits per heavy atom.